The van der Waals surface area contributed by atoms with Crippen molar-refractivity contribution >= 4 is 41.3 Å². The number of aliphatic imine (C=N–C) groups is 1. The fourth-order valence-electron chi connectivity index (χ4n) is 2.09. The van der Waals surface area contributed by atoms with Crippen molar-refractivity contribution < 1.29 is 0 Å². The molecular weight excluding hydrogens is 423 g/mol. The predicted molar refractivity (Wildman–Crippen MR) is 107 cm³/mol. The molecule has 6 nitrogen and oxygen atoms in total. The van der Waals surface area contributed by atoms with Gasteiger partial charge in [-0.2, -0.15) is 5.10 Å². The van der Waals surface area contributed by atoms with Gasteiger partial charge < -0.3 is 10.6 Å². The van der Waals surface area contributed by atoms with Crippen LogP contribution in [-0.2, 0) is 13.0 Å². The van der Waals surface area contributed by atoms with E-state index in [1.54, 1.807) is 24.6 Å². The normalized spacial score (nSPS) is 12.6. The Morgan fingerprint density at radius 1 is 1.43 bits per heavy atom. The van der Waals surface area contributed by atoms with Crippen LogP contribution in [0.25, 0.3) is 0 Å². The minimum atomic E-state index is 0. The molecule has 0 amide bonds. The summed E-state index contributed by atoms with van der Waals surface area (Å²) in [6.07, 6.45) is 6.63. The van der Waals surface area contributed by atoms with Gasteiger partial charge in [-0.15, -0.1) is 35.3 Å². The monoisotopic (exact) mass is 448 g/mol. The Kier molecular flexibility index (Phi) is 9.15. The van der Waals surface area contributed by atoms with Crippen molar-refractivity contribution in [2.45, 2.75) is 26.8 Å². The molecule has 23 heavy (non-hydrogen) atoms. The molecule has 0 spiro atoms. The van der Waals surface area contributed by atoms with E-state index in [-0.39, 0.29) is 24.0 Å². The summed E-state index contributed by atoms with van der Waals surface area (Å²) in [5, 5.41) is 12.1. The summed E-state index contributed by atoms with van der Waals surface area (Å²) in [4.78, 5) is 9.87. The molecule has 0 aliphatic heterocycles. The minimum Gasteiger partial charge on any atom is -0.356 e. The van der Waals surface area contributed by atoms with Crippen LogP contribution in [0.15, 0.2) is 29.6 Å². The van der Waals surface area contributed by atoms with Crippen molar-refractivity contribution in [1.82, 2.24) is 25.4 Å². The zero-order valence-electron chi connectivity index (χ0n) is 13.8. The lowest BCUT2D eigenvalue weighted by molar-refractivity contribution is 0.443. The zero-order valence-corrected chi connectivity index (χ0v) is 17.0. The van der Waals surface area contributed by atoms with Crippen LogP contribution >= 0.6 is 35.3 Å². The van der Waals surface area contributed by atoms with Crippen molar-refractivity contribution in [2.75, 3.05) is 20.1 Å². The van der Waals surface area contributed by atoms with Crippen LogP contribution in [0.2, 0.25) is 0 Å². The maximum atomic E-state index is 4.36. The van der Waals surface area contributed by atoms with Crippen LogP contribution in [0, 0.1) is 12.8 Å². The van der Waals surface area contributed by atoms with Gasteiger partial charge in [0, 0.05) is 56.6 Å². The Morgan fingerprint density at radius 2 is 2.26 bits per heavy atom. The number of hydrogen-bond acceptors (Lipinski definition) is 4. The highest BCUT2D eigenvalue weighted by Crippen LogP contribution is 2.10. The van der Waals surface area contributed by atoms with Gasteiger partial charge in [-0.05, 0) is 18.9 Å². The van der Waals surface area contributed by atoms with E-state index >= 15 is 0 Å². The number of thiazole rings is 1. The molecule has 0 aromatic carbocycles. The average molecular weight is 448 g/mol. The molecule has 128 valence electrons. The Hall–Kier alpha value is -1.16. The highest BCUT2D eigenvalue weighted by Gasteiger charge is 2.05. The maximum absolute atomic E-state index is 4.36. The fourth-order valence-corrected chi connectivity index (χ4v) is 2.88. The molecule has 1 unspecified atom stereocenters. The fraction of sp³-hybridized carbons (Fsp3) is 0.533. The lowest BCUT2D eigenvalue weighted by Gasteiger charge is -2.16. The van der Waals surface area contributed by atoms with E-state index in [1.807, 2.05) is 23.1 Å². The third-order valence-electron chi connectivity index (χ3n) is 3.20. The molecule has 0 bridgehead atoms. The molecule has 2 aromatic rings. The summed E-state index contributed by atoms with van der Waals surface area (Å²) < 4.78 is 1.95. The number of aryl methyl sites for hydroxylation is 1. The van der Waals surface area contributed by atoms with E-state index in [0.29, 0.717) is 5.92 Å². The van der Waals surface area contributed by atoms with Crippen molar-refractivity contribution in [3.8, 4) is 0 Å². The molecule has 1 atom stereocenters. The molecule has 0 saturated carbocycles. The van der Waals surface area contributed by atoms with Gasteiger partial charge in [-0.25, -0.2) is 4.98 Å². The smallest absolute Gasteiger partial charge is 0.191 e. The van der Waals surface area contributed by atoms with Crippen LogP contribution in [0.5, 0.6) is 0 Å². The number of hydrogen-bond donors (Lipinski definition) is 2. The molecule has 2 N–H and O–H groups in total. The average Bonchev–Trinajstić information content (AvgIpc) is 3.14. The Bertz CT molecular complexity index is 581. The maximum Gasteiger partial charge on any atom is 0.191 e. The largest absolute Gasteiger partial charge is 0.356 e. The van der Waals surface area contributed by atoms with Gasteiger partial charge in [-0.3, -0.25) is 9.67 Å². The first-order valence-corrected chi connectivity index (χ1v) is 8.32. The summed E-state index contributed by atoms with van der Waals surface area (Å²) in [6, 6.07) is 1.95. The van der Waals surface area contributed by atoms with Crippen molar-refractivity contribution in [3.05, 3.63) is 34.5 Å². The molecule has 2 heterocycles. The summed E-state index contributed by atoms with van der Waals surface area (Å²) in [7, 11) is 1.79. The molecule has 0 fully saturated rings. The van der Waals surface area contributed by atoms with E-state index in [0.717, 1.165) is 37.0 Å². The van der Waals surface area contributed by atoms with Crippen LogP contribution in [-0.4, -0.2) is 40.9 Å². The summed E-state index contributed by atoms with van der Waals surface area (Å²) in [5.41, 5.74) is 0. The topological polar surface area (TPSA) is 67.1 Å². The molecule has 2 aromatic heterocycles. The predicted octanol–water partition coefficient (Wildman–Crippen LogP) is 2.31. The van der Waals surface area contributed by atoms with Crippen molar-refractivity contribution in [3.63, 3.8) is 0 Å². The van der Waals surface area contributed by atoms with E-state index in [2.05, 4.69) is 39.6 Å². The number of aromatic nitrogens is 3. The van der Waals surface area contributed by atoms with Gasteiger partial charge >= 0.3 is 0 Å². The standard InChI is InChI=1S/C15H24N6S.HI/c1-12(11-21-8-4-6-20-21)9-19-15(16-3)17-7-5-14-18-10-13(2)22-14;/h4,6,8,10,12H,5,7,9,11H2,1-3H3,(H2,16,17,19);1H. The molecule has 2 rings (SSSR count). The third kappa shape index (κ3) is 7.30. The van der Waals surface area contributed by atoms with Crippen molar-refractivity contribution in [2.24, 2.45) is 10.9 Å². The second-order valence-electron chi connectivity index (χ2n) is 5.33. The van der Waals surface area contributed by atoms with Crippen LogP contribution in [0.1, 0.15) is 16.8 Å². The quantitative estimate of drug-likeness (QED) is 0.388. The highest BCUT2D eigenvalue weighted by atomic mass is 127. The van der Waals surface area contributed by atoms with Gasteiger partial charge in [0.15, 0.2) is 5.96 Å². The first-order chi connectivity index (χ1) is 10.7. The molecule has 8 heteroatoms. The van der Waals surface area contributed by atoms with Gasteiger partial charge in [0.1, 0.15) is 0 Å². The van der Waals surface area contributed by atoms with Gasteiger partial charge in [0.2, 0.25) is 0 Å². The van der Waals surface area contributed by atoms with E-state index in [9.17, 15) is 0 Å². The number of halogens is 1. The summed E-state index contributed by atoms with van der Waals surface area (Å²) in [5.74, 6) is 1.31. The Labute approximate surface area is 158 Å². The first-order valence-electron chi connectivity index (χ1n) is 7.50. The molecule has 0 aliphatic carbocycles. The lowest BCUT2D eigenvalue weighted by atomic mass is 10.2. The first kappa shape index (κ1) is 19.9. The second kappa shape index (κ2) is 10.6. The number of nitrogens with one attached hydrogen (secondary N) is 2. The summed E-state index contributed by atoms with van der Waals surface area (Å²) in [6.45, 7) is 6.86. The van der Waals surface area contributed by atoms with Crippen LogP contribution < -0.4 is 10.6 Å². The van der Waals surface area contributed by atoms with Crippen LogP contribution in [0.4, 0.5) is 0 Å². The number of rotatable bonds is 7. The molecule has 0 radical (unpaired) electrons. The Balaban J connectivity index is 0.00000264. The van der Waals surface area contributed by atoms with E-state index in [4.69, 9.17) is 0 Å². The van der Waals surface area contributed by atoms with Gasteiger partial charge in [0.25, 0.3) is 0 Å². The minimum absolute atomic E-state index is 0. The van der Waals surface area contributed by atoms with E-state index < -0.39 is 0 Å². The molecule has 0 saturated heterocycles. The zero-order chi connectivity index (χ0) is 15.8. The van der Waals surface area contributed by atoms with Gasteiger partial charge in [0.05, 0.1) is 5.01 Å². The number of guanidine groups is 1. The summed E-state index contributed by atoms with van der Waals surface area (Å²) >= 11 is 1.75. The molecular formula is C15H25IN6S. The highest BCUT2D eigenvalue weighted by molar-refractivity contribution is 14.0. The molecule has 0 aliphatic rings. The number of nitrogens with zero attached hydrogens (tertiary/aromatic N) is 4. The van der Waals surface area contributed by atoms with Gasteiger partial charge in [-0.1, -0.05) is 6.92 Å². The SMILES string of the molecule is CN=C(NCCc1ncc(C)s1)NCC(C)Cn1cccn1.I. The van der Waals surface area contributed by atoms with Crippen LogP contribution in [0.3, 0.4) is 0 Å². The van der Waals surface area contributed by atoms with Crippen molar-refractivity contribution in [1.29, 1.82) is 0 Å². The third-order valence-corrected chi connectivity index (χ3v) is 4.17. The Morgan fingerprint density at radius 3 is 2.87 bits per heavy atom. The second-order valence-corrected chi connectivity index (χ2v) is 6.65. The lowest BCUT2D eigenvalue weighted by Crippen LogP contribution is -2.40. The van der Waals surface area contributed by atoms with E-state index in [1.165, 1.54) is 4.88 Å².